The summed E-state index contributed by atoms with van der Waals surface area (Å²) in [6, 6.07) is 14.4. The van der Waals surface area contributed by atoms with Crippen LogP contribution in [0.2, 0.25) is 0 Å². The summed E-state index contributed by atoms with van der Waals surface area (Å²) in [6.45, 7) is 2.84. The Morgan fingerprint density at radius 1 is 1.05 bits per heavy atom. The standard InChI is InChI=1S/C16H16ClN3/c1-12-7-8-14-16(18-12)20(15(11-17)19-14)10-9-13-5-3-2-4-6-13/h2-8H,9-11H2,1H3. The SMILES string of the molecule is Cc1ccc2nc(CCl)n(CCc3ccccc3)c2n1. The van der Waals surface area contributed by atoms with E-state index >= 15 is 0 Å². The quantitative estimate of drug-likeness (QED) is 0.684. The third-order valence-electron chi connectivity index (χ3n) is 3.40. The molecule has 2 heterocycles. The van der Waals surface area contributed by atoms with E-state index in [0.29, 0.717) is 5.88 Å². The number of rotatable bonds is 4. The molecule has 0 atom stereocenters. The van der Waals surface area contributed by atoms with Crippen molar-refractivity contribution in [3.63, 3.8) is 0 Å². The molecule has 0 N–H and O–H groups in total. The average molecular weight is 286 g/mol. The molecule has 3 aromatic rings. The van der Waals surface area contributed by atoms with Crippen molar-refractivity contribution in [2.24, 2.45) is 0 Å². The molecule has 0 spiro atoms. The Hall–Kier alpha value is -1.87. The molecule has 2 aromatic heterocycles. The Morgan fingerprint density at radius 3 is 2.60 bits per heavy atom. The van der Waals surface area contributed by atoms with E-state index in [0.717, 1.165) is 35.6 Å². The summed E-state index contributed by atoms with van der Waals surface area (Å²) in [5.74, 6) is 1.29. The topological polar surface area (TPSA) is 30.7 Å². The van der Waals surface area contributed by atoms with Gasteiger partial charge in [0.1, 0.15) is 11.3 Å². The minimum atomic E-state index is 0.407. The number of fused-ring (bicyclic) bond motifs is 1. The monoisotopic (exact) mass is 285 g/mol. The van der Waals surface area contributed by atoms with Crippen LogP contribution in [-0.2, 0) is 18.8 Å². The van der Waals surface area contributed by atoms with Crippen molar-refractivity contribution >= 4 is 22.8 Å². The van der Waals surface area contributed by atoms with E-state index in [2.05, 4.69) is 38.8 Å². The number of alkyl halides is 1. The number of aryl methyl sites for hydroxylation is 3. The second-order valence-corrected chi connectivity index (χ2v) is 5.11. The van der Waals surface area contributed by atoms with Gasteiger partial charge >= 0.3 is 0 Å². The number of hydrogen-bond donors (Lipinski definition) is 0. The zero-order chi connectivity index (χ0) is 13.9. The van der Waals surface area contributed by atoms with Crippen LogP contribution in [0.25, 0.3) is 11.2 Å². The first kappa shape index (κ1) is 13.1. The van der Waals surface area contributed by atoms with Gasteiger partial charge in [-0.25, -0.2) is 9.97 Å². The predicted octanol–water partition coefficient (Wildman–Crippen LogP) is 3.72. The van der Waals surface area contributed by atoms with Crippen LogP contribution in [0, 0.1) is 6.92 Å². The molecule has 1 aromatic carbocycles. The van der Waals surface area contributed by atoms with Crippen molar-refractivity contribution in [3.8, 4) is 0 Å². The molecule has 0 fully saturated rings. The summed E-state index contributed by atoms with van der Waals surface area (Å²) in [7, 11) is 0. The molecular formula is C16H16ClN3. The zero-order valence-corrected chi connectivity index (χ0v) is 12.1. The van der Waals surface area contributed by atoms with Gasteiger partial charge in [0.05, 0.1) is 5.88 Å². The molecule has 0 saturated carbocycles. The number of imidazole rings is 1. The number of pyridine rings is 1. The Bertz CT molecular complexity index is 719. The lowest BCUT2D eigenvalue weighted by Gasteiger charge is -2.07. The average Bonchev–Trinajstić information content (AvgIpc) is 2.83. The fourth-order valence-corrected chi connectivity index (χ4v) is 2.57. The molecule has 0 bridgehead atoms. The number of hydrogen-bond acceptors (Lipinski definition) is 2. The van der Waals surface area contributed by atoms with Gasteiger partial charge in [0, 0.05) is 12.2 Å². The fourth-order valence-electron chi connectivity index (χ4n) is 2.37. The number of aromatic nitrogens is 3. The van der Waals surface area contributed by atoms with E-state index < -0.39 is 0 Å². The van der Waals surface area contributed by atoms with Crippen molar-refractivity contribution in [2.75, 3.05) is 0 Å². The highest BCUT2D eigenvalue weighted by molar-refractivity contribution is 6.16. The van der Waals surface area contributed by atoms with E-state index in [4.69, 9.17) is 11.6 Å². The Balaban J connectivity index is 1.95. The summed E-state index contributed by atoms with van der Waals surface area (Å²) in [6.07, 6.45) is 0.950. The summed E-state index contributed by atoms with van der Waals surface area (Å²) >= 11 is 6.01. The van der Waals surface area contributed by atoms with Crippen LogP contribution in [-0.4, -0.2) is 14.5 Å². The molecule has 0 amide bonds. The molecule has 0 radical (unpaired) electrons. The first-order valence-corrected chi connectivity index (χ1v) is 7.24. The van der Waals surface area contributed by atoms with Gasteiger partial charge in [-0.05, 0) is 31.0 Å². The second kappa shape index (κ2) is 5.63. The maximum absolute atomic E-state index is 6.01. The first-order chi connectivity index (χ1) is 9.78. The van der Waals surface area contributed by atoms with Crippen LogP contribution in [0.3, 0.4) is 0 Å². The van der Waals surface area contributed by atoms with Gasteiger partial charge in [-0.1, -0.05) is 30.3 Å². The van der Waals surface area contributed by atoms with Crippen molar-refractivity contribution in [1.82, 2.24) is 14.5 Å². The van der Waals surface area contributed by atoms with E-state index in [1.165, 1.54) is 5.56 Å². The summed E-state index contributed by atoms with van der Waals surface area (Å²) in [5, 5.41) is 0. The Morgan fingerprint density at radius 2 is 1.85 bits per heavy atom. The van der Waals surface area contributed by atoms with Crippen molar-refractivity contribution in [3.05, 3.63) is 59.5 Å². The Labute approximate surface area is 123 Å². The summed E-state index contributed by atoms with van der Waals surface area (Å²) in [5.41, 5.74) is 4.15. The second-order valence-electron chi connectivity index (χ2n) is 4.84. The van der Waals surface area contributed by atoms with Crippen LogP contribution in [0.4, 0.5) is 0 Å². The largest absolute Gasteiger partial charge is 0.311 e. The van der Waals surface area contributed by atoms with Gasteiger partial charge in [-0.2, -0.15) is 0 Å². The van der Waals surface area contributed by atoms with E-state index in [1.54, 1.807) is 0 Å². The molecule has 0 aliphatic heterocycles. The van der Waals surface area contributed by atoms with Crippen molar-refractivity contribution < 1.29 is 0 Å². The first-order valence-electron chi connectivity index (χ1n) is 6.70. The Kier molecular flexibility index (Phi) is 3.70. The van der Waals surface area contributed by atoms with Crippen LogP contribution < -0.4 is 0 Å². The third-order valence-corrected chi connectivity index (χ3v) is 3.64. The third kappa shape index (κ3) is 2.54. The van der Waals surface area contributed by atoms with Gasteiger partial charge in [0.25, 0.3) is 0 Å². The van der Waals surface area contributed by atoms with Crippen molar-refractivity contribution in [2.45, 2.75) is 25.8 Å². The smallest absolute Gasteiger partial charge is 0.160 e. The zero-order valence-electron chi connectivity index (χ0n) is 11.4. The van der Waals surface area contributed by atoms with Gasteiger partial charge in [-0.3, -0.25) is 0 Å². The maximum atomic E-state index is 6.01. The molecule has 102 valence electrons. The number of nitrogens with zero attached hydrogens (tertiary/aromatic N) is 3. The lowest BCUT2D eigenvalue weighted by molar-refractivity contribution is 0.682. The molecule has 0 aliphatic carbocycles. The number of halogens is 1. The minimum absolute atomic E-state index is 0.407. The highest BCUT2D eigenvalue weighted by Gasteiger charge is 2.11. The van der Waals surface area contributed by atoms with E-state index in [-0.39, 0.29) is 0 Å². The van der Waals surface area contributed by atoms with Gasteiger partial charge in [0.15, 0.2) is 5.65 Å². The summed E-state index contributed by atoms with van der Waals surface area (Å²) in [4.78, 5) is 9.15. The normalized spacial score (nSPS) is 11.1. The van der Waals surface area contributed by atoms with E-state index in [1.807, 2.05) is 25.1 Å². The minimum Gasteiger partial charge on any atom is -0.311 e. The fraction of sp³-hybridized carbons (Fsp3) is 0.250. The number of benzene rings is 1. The van der Waals surface area contributed by atoms with Gasteiger partial charge in [0.2, 0.25) is 0 Å². The van der Waals surface area contributed by atoms with E-state index in [9.17, 15) is 0 Å². The van der Waals surface area contributed by atoms with Crippen LogP contribution in [0.5, 0.6) is 0 Å². The maximum Gasteiger partial charge on any atom is 0.160 e. The molecule has 0 aliphatic rings. The highest BCUT2D eigenvalue weighted by atomic mass is 35.5. The molecule has 20 heavy (non-hydrogen) atoms. The van der Waals surface area contributed by atoms with Crippen LogP contribution in [0.15, 0.2) is 42.5 Å². The lowest BCUT2D eigenvalue weighted by Crippen LogP contribution is -2.06. The molecule has 3 rings (SSSR count). The van der Waals surface area contributed by atoms with Gasteiger partial charge < -0.3 is 4.57 Å². The van der Waals surface area contributed by atoms with Gasteiger partial charge in [-0.15, -0.1) is 11.6 Å². The predicted molar refractivity (Wildman–Crippen MR) is 82.0 cm³/mol. The molecular weight excluding hydrogens is 270 g/mol. The van der Waals surface area contributed by atoms with Crippen LogP contribution in [0.1, 0.15) is 17.1 Å². The molecule has 3 nitrogen and oxygen atoms in total. The molecule has 4 heteroatoms. The molecule has 0 saturated heterocycles. The lowest BCUT2D eigenvalue weighted by atomic mass is 10.1. The van der Waals surface area contributed by atoms with Crippen LogP contribution >= 0.6 is 11.6 Å². The summed E-state index contributed by atoms with van der Waals surface area (Å²) < 4.78 is 2.13. The highest BCUT2D eigenvalue weighted by Crippen LogP contribution is 2.17. The van der Waals surface area contributed by atoms with Crippen molar-refractivity contribution in [1.29, 1.82) is 0 Å². The molecule has 0 unspecified atom stereocenters.